The van der Waals surface area contributed by atoms with Crippen LogP contribution in [0.1, 0.15) is 52.0 Å². The van der Waals surface area contributed by atoms with Crippen molar-refractivity contribution >= 4 is 24.1 Å². The first kappa shape index (κ1) is 23.6. The second-order valence-corrected chi connectivity index (χ2v) is 16.9. The second-order valence-electron chi connectivity index (χ2n) is 10.3. The molecular formula is C22H35NO5SSi. The van der Waals surface area contributed by atoms with Crippen LogP contribution in [0.4, 0.5) is 0 Å². The first-order valence-electron chi connectivity index (χ1n) is 10.7. The molecular weight excluding hydrogens is 418 g/mol. The van der Waals surface area contributed by atoms with Crippen LogP contribution in [0, 0.1) is 6.92 Å². The average molecular weight is 454 g/mol. The number of hydrogen-bond acceptors (Lipinski definition) is 5. The van der Waals surface area contributed by atoms with Crippen LogP contribution in [-0.2, 0) is 19.2 Å². The fourth-order valence-electron chi connectivity index (χ4n) is 4.35. The lowest BCUT2D eigenvalue weighted by molar-refractivity contribution is -0.138. The molecule has 1 aliphatic carbocycles. The Morgan fingerprint density at radius 3 is 2.30 bits per heavy atom. The topological polar surface area (TPSA) is 83.9 Å². The van der Waals surface area contributed by atoms with Gasteiger partial charge in [0.25, 0.3) is 0 Å². The van der Waals surface area contributed by atoms with E-state index in [0.29, 0.717) is 19.3 Å². The van der Waals surface area contributed by atoms with Crippen molar-refractivity contribution in [3.8, 4) is 0 Å². The van der Waals surface area contributed by atoms with Crippen molar-refractivity contribution in [1.29, 1.82) is 0 Å². The lowest BCUT2D eigenvalue weighted by Crippen LogP contribution is -2.68. The number of sulfonamides is 1. The molecule has 1 saturated heterocycles. The summed E-state index contributed by atoms with van der Waals surface area (Å²) in [5, 5.41) is 11.1. The number of ketones is 1. The summed E-state index contributed by atoms with van der Waals surface area (Å²) in [4.78, 5) is 13.1. The number of aryl methyl sites for hydroxylation is 1. The third-order valence-corrected chi connectivity index (χ3v) is 13.6. The van der Waals surface area contributed by atoms with Gasteiger partial charge < -0.3 is 9.53 Å². The third-order valence-electron chi connectivity index (χ3n) is 7.17. The quantitative estimate of drug-likeness (QED) is 0.704. The van der Waals surface area contributed by atoms with Crippen LogP contribution < -0.4 is 0 Å². The maximum atomic E-state index is 13.7. The standard InChI is InChI=1S/C22H35NO5SSi/c1-16-9-11-18(12-10-16)29(26,27)23-15-17(28-30(5,6)21(2,3)4)14-20(25)22(23)13-7-8-19(22)24/h9-12,17,20,25H,7-8,13-15H2,1-6H3/t17-,20-,22+/m0/s1. The molecule has 3 atom stereocenters. The lowest BCUT2D eigenvalue weighted by Gasteiger charge is -2.50. The zero-order valence-electron chi connectivity index (χ0n) is 18.9. The molecule has 3 rings (SSSR count). The van der Waals surface area contributed by atoms with E-state index in [0.717, 1.165) is 5.56 Å². The Hall–Kier alpha value is -1.06. The van der Waals surface area contributed by atoms with Crippen molar-refractivity contribution in [2.24, 2.45) is 0 Å². The van der Waals surface area contributed by atoms with E-state index >= 15 is 0 Å². The van der Waals surface area contributed by atoms with Gasteiger partial charge in [-0.3, -0.25) is 4.79 Å². The first-order valence-corrected chi connectivity index (χ1v) is 15.1. The third kappa shape index (κ3) is 3.93. The molecule has 0 aromatic heterocycles. The van der Waals surface area contributed by atoms with Crippen molar-refractivity contribution in [3.63, 3.8) is 0 Å². The van der Waals surface area contributed by atoms with Gasteiger partial charge in [0.2, 0.25) is 10.0 Å². The average Bonchev–Trinajstić information content (AvgIpc) is 2.99. The van der Waals surface area contributed by atoms with Gasteiger partial charge in [-0.2, -0.15) is 4.31 Å². The summed E-state index contributed by atoms with van der Waals surface area (Å²) in [6, 6.07) is 6.64. The molecule has 2 fully saturated rings. The van der Waals surface area contributed by atoms with E-state index in [4.69, 9.17) is 4.43 Å². The lowest BCUT2D eigenvalue weighted by atomic mass is 9.82. The minimum atomic E-state index is -3.97. The number of aliphatic hydroxyl groups excluding tert-OH is 1. The van der Waals surface area contributed by atoms with Gasteiger partial charge >= 0.3 is 0 Å². The van der Waals surface area contributed by atoms with Crippen molar-refractivity contribution in [2.45, 2.75) is 94.2 Å². The minimum absolute atomic E-state index is 0.0447. The van der Waals surface area contributed by atoms with Crippen LogP contribution in [0.25, 0.3) is 0 Å². The fraction of sp³-hybridized carbons (Fsp3) is 0.682. The van der Waals surface area contributed by atoms with Crippen molar-refractivity contribution < 1.29 is 22.7 Å². The van der Waals surface area contributed by atoms with Gasteiger partial charge in [-0.05, 0) is 50.0 Å². The predicted octanol–water partition coefficient (Wildman–Crippen LogP) is 3.63. The van der Waals surface area contributed by atoms with Crippen molar-refractivity contribution in [1.82, 2.24) is 4.31 Å². The maximum Gasteiger partial charge on any atom is 0.244 e. The second kappa shape index (κ2) is 7.81. The molecule has 0 radical (unpaired) electrons. The molecule has 1 aliphatic heterocycles. The number of carbonyl (C=O) groups excluding carboxylic acids is 1. The number of Topliss-reactive ketones (excluding diaryl/α,β-unsaturated/α-hetero) is 1. The molecule has 168 valence electrons. The highest BCUT2D eigenvalue weighted by molar-refractivity contribution is 7.89. The summed E-state index contributed by atoms with van der Waals surface area (Å²) in [5.41, 5.74) is -0.421. The number of piperidine rings is 1. The zero-order chi connectivity index (χ0) is 22.5. The number of carbonyl (C=O) groups is 1. The van der Waals surface area contributed by atoms with E-state index in [1.165, 1.54) is 4.31 Å². The van der Waals surface area contributed by atoms with Crippen molar-refractivity contribution in [2.75, 3.05) is 6.54 Å². The van der Waals surface area contributed by atoms with E-state index in [-0.39, 0.29) is 28.7 Å². The Labute approximate surface area is 181 Å². The first-order chi connectivity index (χ1) is 13.7. The Bertz CT molecular complexity index is 906. The SMILES string of the molecule is Cc1ccc(S(=O)(=O)N2C[C@@H](O[Si](C)(C)C(C)(C)C)C[C@H](O)[C@]23CCCC3=O)cc1. The molecule has 2 aliphatic rings. The molecule has 0 amide bonds. The summed E-state index contributed by atoms with van der Waals surface area (Å²) in [7, 11) is -6.16. The van der Waals surface area contributed by atoms with Gasteiger partial charge in [0.05, 0.1) is 17.1 Å². The van der Waals surface area contributed by atoms with E-state index in [1.807, 2.05) is 6.92 Å². The van der Waals surface area contributed by atoms with Gasteiger partial charge in [0.15, 0.2) is 14.1 Å². The van der Waals surface area contributed by atoms with Gasteiger partial charge in [-0.25, -0.2) is 8.42 Å². The Kier molecular flexibility index (Phi) is 6.15. The van der Waals surface area contributed by atoms with E-state index in [2.05, 4.69) is 33.9 Å². The molecule has 6 nitrogen and oxygen atoms in total. The van der Waals surface area contributed by atoms with Crippen LogP contribution in [0.5, 0.6) is 0 Å². The summed E-state index contributed by atoms with van der Waals surface area (Å²) in [5.74, 6) is -0.184. The van der Waals surface area contributed by atoms with E-state index in [9.17, 15) is 18.3 Å². The molecule has 0 unspecified atom stereocenters. The molecule has 1 saturated carbocycles. The Morgan fingerprint density at radius 2 is 1.80 bits per heavy atom. The number of rotatable bonds is 4. The highest BCUT2D eigenvalue weighted by Crippen LogP contribution is 2.45. The monoisotopic (exact) mass is 453 g/mol. The van der Waals surface area contributed by atoms with Crippen LogP contribution in [0.3, 0.4) is 0 Å². The maximum absolute atomic E-state index is 13.7. The number of benzene rings is 1. The molecule has 0 bridgehead atoms. The molecule has 1 aromatic carbocycles. The van der Waals surface area contributed by atoms with E-state index in [1.54, 1.807) is 24.3 Å². The molecule has 1 spiro atoms. The largest absolute Gasteiger partial charge is 0.412 e. The zero-order valence-corrected chi connectivity index (χ0v) is 20.8. The molecule has 1 N–H and O–H groups in total. The van der Waals surface area contributed by atoms with Crippen molar-refractivity contribution in [3.05, 3.63) is 29.8 Å². The van der Waals surface area contributed by atoms with Crippen LogP contribution in [0.15, 0.2) is 29.2 Å². The van der Waals surface area contributed by atoms with Crippen LogP contribution in [0.2, 0.25) is 18.1 Å². The van der Waals surface area contributed by atoms with Gasteiger partial charge in [-0.1, -0.05) is 38.5 Å². The Balaban J connectivity index is 2.03. The number of aliphatic hydroxyl groups is 1. The highest BCUT2D eigenvalue weighted by atomic mass is 32.2. The highest BCUT2D eigenvalue weighted by Gasteiger charge is 2.60. The number of hydrogen-bond donors (Lipinski definition) is 1. The van der Waals surface area contributed by atoms with Crippen LogP contribution >= 0.6 is 0 Å². The van der Waals surface area contributed by atoms with Crippen LogP contribution in [-0.4, -0.2) is 56.2 Å². The van der Waals surface area contributed by atoms with Gasteiger partial charge in [-0.15, -0.1) is 0 Å². The Morgan fingerprint density at radius 1 is 1.20 bits per heavy atom. The molecule has 30 heavy (non-hydrogen) atoms. The normalized spacial score (nSPS) is 29.0. The fourth-order valence-corrected chi connectivity index (χ4v) is 7.55. The summed E-state index contributed by atoms with van der Waals surface area (Å²) >= 11 is 0. The number of nitrogens with zero attached hydrogens (tertiary/aromatic N) is 1. The molecule has 1 aromatic rings. The summed E-state index contributed by atoms with van der Waals surface area (Å²) in [6.07, 6.45) is -0.00595. The smallest absolute Gasteiger partial charge is 0.244 e. The summed E-state index contributed by atoms with van der Waals surface area (Å²) in [6.45, 7) is 12.6. The van der Waals surface area contributed by atoms with Gasteiger partial charge in [0, 0.05) is 19.4 Å². The summed E-state index contributed by atoms with van der Waals surface area (Å²) < 4.78 is 35.1. The minimum Gasteiger partial charge on any atom is -0.412 e. The molecule has 1 heterocycles. The molecule has 8 heteroatoms. The van der Waals surface area contributed by atoms with Gasteiger partial charge in [0.1, 0.15) is 5.54 Å². The van der Waals surface area contributed by atoms with E-state index < -0.39 is 36.1 Å². The predicted molar refractivity (Wildman–Crippen MR) is 119 cm³/mol.